The molecule has 0 bridgehead atoms. The van der Waals surface area contributed by atoms with Gasteiger partial charge in [-0.3, -0.25) is 4.90 Å². The third-order valence-corrected chi connectivity index (χ3v) is 4.25. The third-order valence-electron chi connectivity index (χ3n) is 4.25. The van der Waals surface area contributed by atoms with Crippen LogP contribution in [0.5, 0.6) is 5.75 Å². The van der Waals surface area contributed by atoms with Crippen LogP contribution in [0.4, 0.5) is 4.39 Å². The number of likely N-dealkylation sites (tertiary alicyclic amines) is 1. The summed E-state index contributed by atoms with van der Waals surface area (Å²) < 4.78 is 29.6. The first kappa shape index (κ1) is 18.8. The highest BCUT2D eigenvalue weighted by molar-refractivity contribution is 5.22. The minimum atomic E-state index is -0.294. The second-order valence-corrected chi connectivity index (χ2v) is 7.05. The van der Waals surface area contributed by atoms with Crippen molar-refractivity contribution >= 4 is 0 Å². The topological polar surface area (TPSA) is 60.6 Å². The monoisotopic (exact) mass is 363 g/mol. The molecule has 0 atom stereocenters. The molecular weight excluding hydrogens is 337 g/mol. The van der Waals surface area contributed by atoms with Crippen LogP contribution in [0.25, 0.3) is 0 Å². The Morgan fingerprint density at radius 1 is 1.23 bits per heavy atom. The van der Waals surface area contributed by atoms with Crippen LogP contribution in [0.15, 0.2) is 28.8 Å². The van der Waals surface area contributed by atoms with Crippen LogP contribution in [0.1, 0.15) is 38.4 Å². The summed E-state index contributed by atoms with van der Waals surface area (Å²) in [5, 5.41) is 3.94. The molecule has 7 heteroatoms. The van der Waals surface area contributed by atoms with Gasteiger partial charge in [0.05, 0.1) is 12.6 Å². The quantitative estimate of drug-likeness (QED) is 0.716. The van der Waals surface area contributed by atoms with E-state index in [1.165, 1.54) is 12.1 Å². The summed E-state index contributed by atoms with van der Waals surface area (Å²) >= 11 is 0. The molecule has 1 aliphatic heterocycles. The van der Waals surface area contributed by atoms with E-state index in [0.717, 1.165) is 32.5 Å². The molecule has 1 aliphatic rings. The van der Waals surface area contributed by atoms with Gasteiger partial charge in [-0.15, -0.1) is 0 Å². The van der Waals surface area contributed by atoms with Crippen LogP contribution in [-0.2, 0) is 17.9 Å². The lowest BCUT2D eigenvalue weighted by atomic mass is 10.1. The Labute approximate surface area is 153 Å². The second-order valence-electron chi connectivity index (χ2n) is 7.05. The van der Waals surface area contributed by atoms with Gasteiger partial charge in [0, 0.05) is 19.7 Å². The largest absolute Gasteiger partial charge is 0.485 e. The van der Waals surface area contributed by atoms with Crippen LogP contribution < -0.4 is 4.74 Å². The van der Waals surface area contributed by atoms with Crippen molar-refractivity contribution in [3.63, 3.8) is 0 Å². The Hall–Kier alpha value is -1.99. The molecule has 0 spiro atoms. The van der Waals surface area contributed by atoms with Gasteiger partial charge in [-0.2, -0.15) is 4.98 Å². The van der Waals surface area contributed by atoms with Gasteiger partial charge in [0.15, 0.2) is 6.61 Å². The van der Waals surface area contributed by atoms with E-state index < -0.39 is 0 Å². The van der Waals surface area contributed by atoms with Gasteiger partial charge in [0.1, 0.15) is 11.6 Å². The van der Waals surface area contributed by atoms with Gasteiger partial charge < -0.3 is 14.0 Å². The molecule has 0 amide bonds. The average molecular weight is 363 g/mol. The Bertz CT molecular complexity index is 667. The van der Waals surface area contributed by atoms with Crippen molar-refractivity contribution in [2.45, 2.75) is 45.9 Å². The Morgan fingerprint density at radius 3 is 2.65 bits per heavy atom. The summed E-state index contributed by atoms with van der Waals surface area (Å²) in [6.07, 6.45) is 2.42. The predicted octanol–water partition coefficient (Wildman–Crippen LogP) is 3.42. The van der Waals surface area contributed by atoms with E-state index >= 15 is 0 Å². The molecular formula is C19H26FN3O3. The lowest BCUT2D eigenvalue weighted by Crippen LogP contribution is -2.37. The molecule has 0 radical (unpaired) electrons. The maximum Gasteiger partial charge on any atom is 0.240 e. The predicted molar refractivity (Wildman–Crippen MR) is 94.1 cm³/mol. The first-order valence-corrected chi connectivity index (χ1v) is 9.12. The van der Waals surface area contributed by atoms with Crippen LogP contribution in [0, 0.1) is 11.7 Å². The molecule has 1 saturated heterocycles. The van der Waals surface area contributed by atoms with Crippen LogP contribution in [-0.4, -0.2) is 40.8 Å². The summed E-state index contributed by atoms with van der Waals surface area (Å²) in [6.45, 7) is 7.93. The molecule has 1 aromatic carbocycles. The summed E-state index contributed by atoms with van der Waals surface area (Å²) in [7, 11) is 0. The molecule has 2 heterocycles. The highest BCUT2D eigenvalue weighted by Crippen LogP contribution is 2.17. The summed E-state index contributed by atoms with van der Waals surface area (Å²) in [4.78, 5) is 6.66. The summed E-state index contributed by atoms with van der Waals surface area (Å²) in [6, 6.07) is 5.85. The zero-order valence-electron chi connectivity index (χ0n) is 15.4. The van der Waals surface area contributed by atoms with Gasteiger partial charge in [-0.1, -0.05) is 19.0 Å². The number of hydrogen-bond donors (Lipinski definition) is 0. The van der Waals surface area contributed by atoms with Crippen molar-refractivity contribution in [3.8, 4) is 5.75 Å². The normalized spacial score (nSPS) is 16.3. The zero-order chi connectivity index (χ0) is 18.4. The molecule has 26 heavy (non-hydrogen) atoms. The smallest absolute Gasteiger partial charge is 0.240 e. The zero-order valence-corrected chi connectivity index (χ0v) is 15.4. The van der Waals surface area contributed by atoms with Crippen molar-refractivity contribution in [2.24, 2.45) is 5.92 Å². The number of aromatic nitrogens is 2. The van der Waals surface area contributed by atoms with Crippen molar-refractivity contribution in [1.29, 1.82) is 0 Å². The van der Waals surface area contributed by atoms with Gasteiger partial charge in [0.2, 0.25) is 11.7 Å². The van der Waals surface area contributed by atoms with E-state index in [1.54, 1.807) is 12.1 Å². The van der Waals surface area contributed by atoms with Crippen molar-refractivity contribution in [1.82, 2.24) is 15.0 Å². The highest BCUT2D eigenvalue weighted by atomic mass is 19.1. The molecule has 6 nitrogen and oxygen atoms in total. The number of nitrogens with zero attached hydrogens (tertiary/aromatic N) is 3. The molecule has 142 valence electrons. The van der Waals surface area contributed by atoms with Gasteiger partial charge >= 0.3 is 0 Å². The van der Waals surface area contributed by atoms with E-state index in [0.29, 0.717) is 36.0 Å². The number of ether oxygens (including phenoxy) is 2. The minimum absolute atomic E-state index is 0.195. The SMILES string of the molecule is CC(C)COC1CCN(Cc2nc(COc3ccc(F)cc3)no2)CC1. The Balaban J connectivity index is 1.40. The lowest BCUT2D eigenvalue weighted by molar-refractivity contribution is -0.00736. The number of rotatable bonds is 8. The molecule has 1 aromatic heterocycles. The first-order valence-electron chi connectivity index (χ1n) is 9.12. The second kappa shape index (κ2) is 9.09. The fraction of sp³-hybridized carbons (Fsp3) is 0.579. The van der Waals surface area contributed by atoms with Crippen LogP contribution in [0.2, 0.25) is 0 Å². The number of halogens is 1. The fourth-order valence-electron chi connectivity index (χ4n) is 2.85. The molecule has 2 aromatic rings. The fourth-order valence-corrected chi connectivity index (χ4v) is 2.85. The van der Waals surface area contributed by atoms with Gasteiger partial charge in [-0.05, 0) is 43.0 Å². The van der Waals surface area contributed by atoms with E-state index in [2.05, 4.69) is 28.9 Å². The van der Waals surface area contributed by atoms with Gasteiger partial charge in [0.25, 0.3) is 0 Å². The molecule has 1 fully saturated rings. The maximum absolute atomic E-state index is 12.9. The summed E-state index contributed by atoms with van der Waals surface area (Å²) in [5.41, 5.74) is 0. The van der Waals surface area contributed by atoms with E-state index in [-0.39, 0.29) is 12.4 Å². The number of benzene rings is 1. The molecule has 0 unspecified atom stereocenters. The van der Waals surface area contributed by atoms with Crippen molar-refractivity contribution in [3.05, 3.63) is 41.8 Å². The van der Waals surface area contributed by atoms with E-state index in [1.807, 2.05) is 0 Å². The lowest BCUT2D eigenvalue weighted by Gasteiger charge is -2.31. The third kappa shape index (κ3) is 5.78. The minimum Gasteiger partial charge on any atom is -0.485 e. The molecule has 0 aliphatic carbocycles. The van der Waals surface area contributed by atoms with Crippen molar-refractivity contribution in [2.75, 3.05) is 19.7 Å². The molecule has 0 saturated carbocycles. The number of hydrogen-bond acceptors (Lipinski definition) is 6. The van der Waals surface area contributed by atoms with Crippen LogP contribution >= 0.6 is 0 Å². The molecule has 0 N–H and O–H groups in total. The van der Waals surface area contributed by atoms with E-state index in [4.69, 9.17) is 14.0 Å². The summed E-state index contributed by atoms with van der Waals surface area (Å²) in [5.74, 6) is 1.92. The van der Waals surface area contributed by atoms with Gasteiger partial charge in [-0.25, -0.2) is 4.39 Å². The Morgan fingerprint density at radius 2 is 1.96 bits per heavy atom. The van der Waals surface area contributed by atoms with E-state index in [9.17, 15) is 4.39 Å². The standard InChI is InChI=1S/C19H26FN3O3/c1-14(2)12-24-17-7-9-23(10-8-17)11-19-21-18(22-26-19)13-25-16-5-3-15(20)4-6-16/h3-6,14,17H,7-13H2,1-2H3. The van der Waals surface area contributed by atoms with Crippen LogP contribution in [0.3, 0.4) is 0 Å². The Kier molecular flexibility index (Phi) is 6.57. The molecule has 3 rings (SSSR count). The maximum atomic E-state index is 12.9. The highest BCUT2D eigenvalue weighted by Gasteiger charge is 2.21. The average Bonchev–Trinajstić information content (AvgIpc) is 3.08. The number of piperidine rings is 1. The first-order chi connectivity index (χ1) is 12.6. The van der Waals surface area contributed by atoms with Crippen molar-refractivity contribution < 1.29 is 18.4 Å².